The lowest BCUT2D eigenvalue weighted by Crippen LogP contribution is -2.51. The highest BCUT2D eigenvalue weighted by Crippen LogP contribution is 2.13. The number of anilines is 1. The average molecular weight is 263 g/mol. The van der Waals surface area contributed by atoms with Crippen molar-refractivity contribution in [2.75, 3.05) is 25.0 Å². The summed E-state index contributed by atoms with van der Waals surface area (Å²) < 4.78 is 0. The fraction of sp³-hybridized carbons (Fsp3) is 0.533. The molecule has 0 radical (unpaired) electrons. The van der Waals surface area contributed by atoms with Crippen LogP contribution in [0.2, 0.25) is 0 Å². The normalized spacial score (nSPS) is 11.7. The molecule has 0 saturated heterocycles. The summed E-state index contributed by atoms with van der Waals surface area (Å²) in [5.74, 6) is -0.00558. The predicted octanol–water partition coefficient (Wildman–Crippen LogP) is 1.99. The minimum absolute atomic E-state index is 0.00558. The second kappa shape index (κ2) is 6.68. The number of aryl methyl sites for hydroxylation is 1. The lowest BCUT2D eigenvalue weighted by Gasteiger charge is -2.36. The van der Waals surface area contributed by atoms with Crippen LogP contribution in [-0.2, 0) is 4.79 Å². The maximum absolute atomic E-state index is 12.1. The van der Waals surface area contributed by atoms with Gasteiger partial charge in [0.2, 0.25) is 5.91 Å². The molecule has 4 heteroatoms. The van der Waals surface area contributed by atoms with Gasteiger partial charge < -0.3 is 11.1 Å². The van der Waals surface area contributed by atoms with Crippen LogP contribution in [0.4, 0.5) is 5.69 Å². The van der Waals surface area contributed by atoms with E-state index in [1.807, 2.05) is 38.1 Å². The summed E-state index contributed by atoms with van der Waals surface area (Å²) in [5.41, 5.74) is 7.56. The third-order valence-corrected chi connectivity index (χ3v) is 3.37. The van der Waals surface area contributed by atoms with Crippen LogP contribution >= 0.6 is 0 Å². The summed E-state index contributed by atoms with van der Waals surface area (Å²) >= 11 is 0. The number of hydrogen-bond donors (Lipinski definition) is 2. The third-order valence-electron chi connectivity index (χ3n) is 3.37. The zero-order valence-electron chi connectivity index (χ0n) is 12.4. The highest BCUT2D eigenvalue weighted by molar-refractivity contribution is 5.92. The molecule has 1 amide bonds. The Kier molecular flexibility index (Phi) is 5.51. The quantitative estimate of drug-likeness (QED) is 0.825. The molecule has 106 valence electrons. The van der Waals surface area contributed by atoms with Gasteiger partial charge in [0.05, 0.1) is 6.54 Å². The molecular formula is C15H25N3O. The van der Waals surface area contributed by atoms with E-state index >= 15 is 0 Å². The molecule has 0 fully saturated rings. The predicted molar refractivity (Wildman–Crippen MR) is 80.2 cm³/mol. The van der Waals surface area contributed by atoms with E-state index in [1.165, 1.54) is 0 Å². The van der Waals surface area contributed by atoms with Crippen LogP contribution in [0.5, 0.6) is 0 Å². The Labute approximate surface area is 116 Å². The number of nitrogens with one attached hydrogen (secondary N) is 1. The van der Waals surface area contributed by atoms with Crippen molar-refractivity contribution in [3.05, 3.63) is 29.8 Å². The Morgan fingerprint density at radius 3 is 2.63 bits per heavy atom. The minimum atomic E-state index is -0.168. The third kappa shape index (κ3) is 4.65. The van der Waals surface area contributed by atoms with Crippen LogP contribution in [0.1, 0.15) is 26.3 Å². The van der Waals surface area contributed by atoms with E-state index in [0.717, 1.165) is 17.8 Å². The Hall–Kier alpha value is -1.39. The second-order valence-electron chi connectivity index (χ2n) is 5.45. The number of benzene rings is 1. The number of nitrogens with zero attached hydrogens (tertiary/aromatic N) is 1. The van der Waals surface area contributed by atoms with E-state index < -0.39 is 0 Å². The number of amides is 1. The van der Waals surface area contributed by atoms with Crippen LogP contribution in [-0.4, -0.2) is 36.0 Å². The van der Waals surface area contributed by atoms with Crippen LogP contribution in [0.15, 0.2) is 24.3 Å². The number of rotatable bonds is 6. The molecule has 0 unspecified atom stereocenters. The van der Waals surface area contributed by atoms with Crippen molar-refractivity contribution in [1.82, 2.24) is 4.90 Å². The molecule has 4 nitrogen and oxygen atoms in total. The van der Waals surface area contributed by atoms with E-state index in [0.29, 0.717) is 13.1 Å². The molecule has 0 bridgehead atoms. The van der Waals surface area contributed by atoms with Gasteiger partial charge in [0.15, 0.2) is 0 Å². The second-order valence-corrected chi connectivity index (χ2v) is 5.45. The monoisotopic (exact) mass is 263 g/mol. The molecule has 0 saturated carbocycles. The summed E-state index contributed by atoms with van der Waals surface area (Å²) in [7, 11) is 0. The Morgan fingerprint density at radius 2 is 2.11 bits per heavy atom. The van der Waals surface area contributed by atoms with Crippen molar-refractivity contribution < 1.29 is 4.79 Å². The van der Waals surface area contributed by atoms with E-state index in [4.69, 9.17) is 5.73 Å². The van der Waals surface area contributed by atoms with Crippen LogP contribution in [0.25, 0.3) is 0 Å². The average Bonchev–Trinajstić information content (AvgIpc) is 2.35. The Bertz CT molecular complexity index is 429. The first-order valence-electron chi connectivity index (χ1n) is 6.70. The molecule has 0 aliphatic carbocycles. The molecule has 3 N–H and O–H groups in total. The Morgan fingerprint density at radius 1 is 1.42 bits per heavy atom. The summed E-state index contributed by atoms with van der Waals surface area (Å²) in [4.78, 5) is 14.1. The maximum atomic E-state index is 12.1. The first-order chi connectivity index (χ1) is 8.89. The molecule has 0 atom stereocenters. The highest BCUT2D eigenvalue weighted by Gasteiger charge is 2.25. The number of carbonyl (C=O) groups is 1. The zero-order valence-corrected chi connectivity index (χ0v) is 12.4. The van der Waals surface area contributed by atoms with Crippen molar-refractivity contribution >= 4 is 11.6 Å². The van der Waals surface area contributed by atoms with Gasteiger partial charge in [-0.1, -0.05) is 19.1 Å². The van der Waals surface area contributed by atoms with Gasteiger partial charge in [-0.15, -0.1) is 0 Å². The first-order valence-corrected chi connectivity index (χ1v) is 6.70. The number of carbonyl (C=O) groups excluding carboxylic acids is 1. The van der Waals surface area contributed by atoms with Gasteiger partial charge in [0, 0.05) is 17.8 Å². The van der Waals surface area contributed by atoms with Crippen LogP contribution in [0, 0.1) is 6.92 Å². The van der Waals surface area contributed by atoms with E-state index in [-0.39, 0.29) is 11.4 Å². The van der Waals surface area contributed by atoms with Gasteiger partial charge in [-0.2, -0.15) is 0 Å². The maximum Gasteiger partial charge on any atom is 0.238 e. The number of likely N-dealkylation sites (N-methyl/N-ethyl adjacent to an activating group) is 1. The van der Waals surface area contributed by atoms with Gasteiger partial charge in [-0.3, -0.25) is 9.69 Å². The Balaban J connectivity index is 2.64. The standard InChI is InChI=1S/C15H25N3O/c1-5-18(15(3,4)11-16)10-14(19)17-13-8-6-7-12(2)9-13/h6-9H,5,10-11,16H2,1-4H3,(H,17,19). The van der Waals surface area contributed by atoms with Crippen LogP contribution < -0.4 is 11.1 Å². The van der Waals surface area contributed by atoms with E-state index in [9.17, 15) is 4.79 Å². The fourth-order valence-corrected chi connectivity index (χ4v) is 1.98. The lowest BCUT2D eigenvalue weighted by atomic mass is 10.0. The molecule has 0 aliphatic heterocycles. The topological polar surface area (TPSA) is 58.4 Å². The lowest BCUT2D eigenvalue weighted by molar-refractivity contribution is -0.118. The molecule has 1 aromatic rings. The molecule has 0 spiro atoms. The molecule has 1 rings (SSSR count). The van der Waals surface area contributed by atoms with Gasteiger partial charge in [0.25, 0.3) is 0 Å². The summed E-state index contributed by atoms with van der Waals surface area (Å²) in [5, 5.41) is 2.92. The zero-order chi connectivity index (χ0) is 14.5. The summed E-state index contributed by atoms with van der Waals surface area (Å²) in [6.07, 6.45) is 0. The van der Waals surface area contributed by atoms with Crippen molar-refractivity contribution in [1.29, 1.82) is 0 Å². The summed E-state index contributed by atoms with van der Waals surface area (Å²) in [6.45, 7) is 9.83. The van der Waals surface area contributed by atoms with Gasteiger partial charge in [0.1, 0.15) is 0 Å². The van der Waals surface area contributed by atoms with E-state index in [2.05, 4.69) is 24.1 Å². The molecule has 19 heavy (non-hydrogen) atoms. The largest absolute Gasteiger partial charge is 0.329 e. The van der Waals surface area contributed by atoms with Crippen LogP contribution in [0.3, 0.4) is 0 Å². The molecule has 0 heterocycles. The number of hydrogen-bond acceptors (Lipinski definition) is 3. The van der Waals surface area contributed by atoms with E-state index in [1.54, 1.807) is 0 Å². The van der Waals surface area contributed by atoms with Crippen molar-refractivity contribution in [3.63, 3.8) is 0 Å². The fourth-order valence-electron chi connectivity index (χ4n) is 1.98. The number of nitrogens with two attached hydrogens (primary N) is 1. The molecule has 0 aromatic heterocycles. The SMILES string of the molecule is CCN(CC(=O)Nc1cccc(C)c1)C(C)(C)CN. The van der Waals surface area contributed by atoms with Crippen molar-refractivity contribution in [2.45, 2.75) is 33.2 Å². The minimum Gasteiger partial charge on any atom is -0.329 e. The smallest absolute Gasteiger partial charge is 0.238 e. The molecule has 1 aromatic carbocycles. The van der Waals surface area contributed by atoms with Gasteiger partial charge in [-0.05, 0) is 45.0 Å². The summed E-state index contributed by atoms with van der Waals surface area (Å²) in [6, 6.07) is 7.80. The van der Waals surface area contributed by atoms with Crippen molar-refractivity contribution in [3.8, 4) is 0 Å². The van der Waals surface area contributed by atoms with Gasteiger partial charge in [-0.25, -0.2) is 0 Å². The highest BCUT2D eigenvalue weighted by atomic mass is 16.2. The molecule has 0 aliphatic rings. The van der Waals surface area contributed by atoms with Crippen molar-refractivity contribution in [2.24, 2.45) is 5.73 Å². The van der Waals surface area contributed by atoms with Gasteiger partial charge >= 0.3 is 0 Å². The molecular weight excluding hydrogens is 238 g/mol. The first kappa shape index (κ1) is 15.7.